The number of benzene rings is 3. The first kappa shape index (κ1) is 30.7. The van der Waals surface area contributed by atoms with Crippen molar-refractivity contribution in [2.45, 2.75) is 52.1 Å². The summed E-state index contributed by atoms with van der Waals surface area (Å²) in [5, 5.41) is 2.89. The van der Waals surface area contributed by atoms with Crippen molar-refractivity contribution in [3.8, 4) is 5.75 Å². The van der Waals surface area contributed by atoms with E-state index in [9.17, 15) is 18.0 Å². The number of carbonyl (C=O) groups excluding carboxylic acids is 2. The molecule has 0 spiro atoms. The molecule has 214 valence electrons. The molecule has 0 aliphatic rings. The standard InChI is InChI=1S/C31H39N3O5S/c1-22(2)19-32-31(36)25(5)33(20-26-10-8-7-9-11-26)30(35)21-34(28-18-24(4)14-17-29(28)39-6)40(37,38)27-15-12-23(3)13-16-27/h7-18,22,25H,19-21H2,1-6H3,(H,32,36)/t25-/m0/s1. The summed E-state index contributed by atoms with van der Waals surface area (Å²) < 4.78 is 34.7. The van der Waals surface area contributed by atoms with Crippen LogP contribution >= 0.6 is 0 Å². The molecule has 0 bridgehead atoms. The molecular weight excluding hydrogens is 526 g/mol. The van der Waals surface area contributed by atoms with Crippen LogP contribution in [0.15, 0.2) is 77.7 Å². The Balaban J connectivity index is 2.07. The fourth-order valence-corrected chi connectivity index (χ4v) is 5.58. The summed E-state index contributed by atoms with van der Waals surface area (Å²) in [6.45, 7) is 9.41. The quantitative estimate of drug-likeness (QED) is 0.344. The molecule has 1 N–H and O–H groups in total. The van der Waals surface area contributed by atoms with E-state index in [4.69, 9.17) is 4.74 Å². The highest BCUT2D eigenvalue weighted by Crippen LogP contribution is 2.33. The van der Waals surface area contributed by atoms with Crippen LogP contribution in [0.5, 0.6) is 5.75 Å². The second kappa shape index (κ2) is 13.5. The van der Waals surface area contributed by atoms with E-state index in [-0.39, 0.29) is 29.0 Å². The second-order valence-electron chi connectivity index (χ2n) is 10.3. The maximum atomic E-state index is 14.0. The van der Waals surface area contributed by atoms with Crippen molar-refractivity contribution in [2.24, 2.45) is 5.92 Å². The van der Waals surface area contributed by atoms with Gasteiger partial charge in [0.1, 0.15) is 18.3 Å². The number of carbonyl (C=O) groups is 2. The van der Waals surface area contributed by atoms with Gasteiger partial charge in [-0.2, -0.15) is 0 Å². The van der Waals surface area contributed by atoms with Crippen molar-refractivity contribution in [3.05, 3.63) is 89.5 Å². The minimum absolute atomic E-state index is 0.0480. The lowest BCUT2D eigenvalue weighted by Gasteiger charge is -2.32. The third-order valence-corrected chi connectivity index (χ3v) is 8.31. The van der Waals surface area contributed by atoms with Crippen LogP contribution in [-0.4, -0.2) is 51.4 Å². The molecular formula is C31H39N3O5S. The van der Waals surface area contributed by atoms with Crippen LogP contribution in [0, 0.1) is 19.8 Å². The van der Waals surface area contributed by atoms with E-state index in [2.05, 4.69) is 5.32 Å². The first-order valence-corrected chi connectivity index (χ1v) is 14.7. The average molecular weight is 566 g/mol. The lowest BCUT2D eigenvalue weighted by Crippen LogP contribution is -2.51. The highest BCUT2D eigenvalue weighted by atomic mass is 32.2. The molecule has 0 saturated carbocycles. The number of ether oxygens (including phenoxy) is 1. The predicted octanol–water partition coefficient (Wildman–Crippen LogP) is 4.70. The molecule has 0 aliphatic heterocycles. The minimum atomic E-state index is -4.18. The van der Waals surface area contributed by atoms with Gasteiger partial charge in [0.25, 0.3) is 10.0 Å². The Morgan fingerprint density at radius 1 is 0.900 bits per heavy atom. The summed E-state index contributed by atoms with van der Waals surface area (Å²) in [6, 6.07) is 20.1. The van der Waals surface area contributed by atoms with Crippen molar-refractivity contribution >= 4 is 27.5 Å². The summed E-state index contributed by atoms with van der Waals surface area (Å²) >= 11 is 0. The Morgan fingerprint density at radius 3 is 2.12 bits per heavy atom. The van der Waals surface area contributed by atoms with Crippen LogP contribution in [-0.2, 0) is 26.2 Å². The van der Waals surface area contributed by atoms with E-state index in [1.807, 2.05) is 64.1 Å². The summed E-state index contributed by atoms with van der Waals surface area (Å²) in [7, 11) is -2.73. The highest BCUT2D eigenvalue weighted by molar-refractivity contribution is 7.92. The summed E-state index contributed by atoms with van der Waals surface area (Å²) in [5.41, 5.74) is 2.77. The maximum absolute atomic E-state index is 14.0. The number of aryl methyl sites for hydroxylation is 2. The summed E-state index contributed by atoms with van der Waals surface area (Å²) in [5.74, 6) is -0.279. The van der Waals surface area contributed by atoms with Gasteiger partial charge in [0, 0.05) is 13.1 Å². The molecule has 3 aromatic carbocycles. The first-order chi connectivity index (χ1) is 18.9. The predicted molar refractivity (Wildman–Crippen MR) is 158 cm³/mol. The van der Waals surface area contributed by atoms with Gasteiger partial charge >= 0.3 is 0 Å². The van der Waals surface area contributed by atoms with Gasteiger partial charge in [-0.05, 0) is 62.1 Å². The number of anilines is 1. The van der Waals surface area contributed by atoms with Crippen LogP contribution < -0.4 is 14.4 Å². The highest BCUT2D eigenvalue weighted by Gasteiger charge is 2.34. The number of amides is 2. The zero-order chi connectivity index (χ0) is 29.4. The number of hydrogen-bond donors (Lipinski definition) is 1. The second-order valence-corrected chi connectivity index (χ2v) is 12.2. The molecule has 2 amide bonds. The monoisotopic (exact) mass is 565 g/mol. The Morgan fingerprint density at radius 2 is 1.52 bits per heavy atom. The molecule has 0 radical (unpaired) electrons. The third-order valence-electron chi connectivity index (χ3n) is 6.54. The molecule has 0 aromatic heterocycles. The van der Waals surface area contributed by atoms with E-state index in [0.717, 1.165) is 21.0 Å². The molecule has 3 rings (SSSR count). The molecule has 9 heteroatoms. The van der Waals surface area contributed by atoms with Crippen molar-refractivity contribution in [2.75, 3.05) is 24.5 Å². The van der Waals surface area contributed by atoms with Gasteiger partial charge in [0.15, 0.2) is 0 Å². The molecule has 0 aliphatic carbocycles. The van der Waals surface area contributed by atoms with Crippen molar-refractivity contribution in [3.63, 3.8) is 0 Å². The molecule has 8 nitrogen and oxygen atoms in total. The Labute approximate surface area is 238 Å². The smallest absolute Gasteiger partial charge is 0.264 e. The average Bonchev–Trinajstić information content (AvgIpc) is 2.93. The van der Waals surface area contributed by atoms with E-state index in [0.29, 0.717) is 12.3 Å². The number of sulfonamides is 1. The van der Waals surface area contributed by atoms with Gasteiger partial charge < -0.3 is 15.0 Å². The van der Waals surface area contributed by atoms with Crippen LogP contribution in [0.4, 0.5) is 5.69 Å². The zero-order valence-electron chi connectivity index (χ0n) is 24.0. The van der Waals surface area contributed by atoms with E-state index in [1.54, 1.807) is 31.2 Å². The molecule has 0 heterocycles. The largest absolute Gasteiger partial charge is 0.495 e. The van der Waals surface area contributed by atoms with Crippen LogP contribution in [0.2, 0.25) is 0 Å². The Hall–Kier alpha value is -3.85. The molecule has 0 fully saturated rings. The fourth-order valence-electron chi connectivity index (χ4n) is 4.16. The number of rotatable bonds is 12. The molecule has 0 saturated heterocycles. The SMILES string of the molecule is COc1ccc(C)cc1N(CC(=O)N(Cc1ccccc1)[C@@H](C)C(=O)NCC(C)C)S(=O)(=O)c1ccc(C)cc1. The zero-order valence-corrected chi connectivity index (χ0v) is 24.9. The van der Waals surface area contributed by atoms with Gasteiger partial charge in [-0.3, -0.25) is 13.9 Å². The van der Waals surface area contributed by atoms with Gasteiger partial charge in [-0.1, -0.05) is 67.9 Å². The number of nitrogens with zero attached hydrogens (tertiary/aromatic N) is 2. The van der Waals surface area contributed by atoms with Crippen molar-refractivity contribution < 1.29 is 22.7 Å². The molecule has 1 atom stereocenters. The summed E-state index contributed by atoms with van der Waals surface area (Å²) in [4.78, 5) is 28.6. The van der Waals surface area contributed by atoms with Crippen LogP contribution in [0.3, 0.4) is 0 Å². The lowest BCUT2D eigenvalue weighted by atomic mass is 10.1. The lowest BCUT2D eigenvalue weighted by molar-refractivity contribution is -0.139. The fraction of sp³-hybridized carbons (Fsp3) is 0.355. The third kappa shape index (κ3) is 7.63. The van der Waals surface area contributed by atoms with Crippen molar-refractivity contribution in [1.29, 1.82) is 0 Å². The minimum Gasteiger partial charge on any atom is -0.495 e. The van der Waals surface area contributed by atoms with Crippen LogP contribution in [0.25, 0.3) is 0 Å². The number of hydrogen-bond acceptors (Lipinski definition) is 5. The van der Waals surface area contributed by atoms with Gasteiger partial charge in [0.2, 0.25) is 11.8 Å². The molecule has 40 heavy (non-hydrogen) atoms. The molecule has 3 aromatic rings. The normalized spacial score (nSPS) is 12.1. The van der Waals surface area contributed by atoms with E-state index >= 15 is 0 Å². The number of nitrogens with one attached hydrogen (secondary N) is 1. The van der Waals surface area contributed by atoms with Crippen LogP contribution in [0.1, 0.15) is 37.5 Å². The van der Waals surface area contributed by atoms with E-state index in [1.165, 1.54) is 24.1 Å². The summed E-state index contributed by atoms with van der Waals surface area (Å²) in [6.07, 6.45) is 0. The van der Waals surface area contributed by atoms with E-state index < -0.39 is 28.5 Å². The first-order valence-electron chi connectivity index (χ1n) is 13.3. The molecule has 0 unspecified atom stereocenters. The van der Waals surface area contributed by atoms with Crippen molar-refractivity contribution in [1.82, 2.24) is 10.2 Å². The van der Waals surface area contributed by atoms with Gasteiger partial charge in [0.05, 0.1) is 17.7 Å². The Kier molecular flexibility index (Phi) is 10.3. The number of methoxy groups -OCH3 is 1. The van der Waals surface area contributed by atoms with Gasteiger partial charge in [-0.25, -0.2) is 8.42 Å². The Bertz CT molecular complexity index is 1410. The van der Waals surface area contributed by atoms with Gasteiger partial charge in [-0.15, -0.1) is 0 Å². The maximum Gasteiger partial charge on any atom is 0.264 e. The topological polar surface area (TPSA) is 96.0 Å².